The van der Waals surface area contributed by atoms with Crippen LogP contribution in [0.25, 0.3) is 0 Å². The Morgan fingerprint density at radius 2 is 1.35 bits per heavy atom. The first-order chi connectivity index (χ1) is 15.2. The van der Waals surface area contributed by atoms with Gasteiger partial charge in [0.15, 0.2) is 0 Å². The van der Waals surface area contributed by atoms with Crippen molar-refractivity contribution in [3.05, 3.63) is 106 Å². The molecule has 0 aromatic heterocycles. The number of hydrogen-bond donors (Lipinski definition) is 0. The summed E-state index contributed by atoms with van der Waals surface area (Å²) >= 11 is 3.56. The summed E-state index contributed by atoms with van der Waals surface area (Å²) in [6, 6.07) is 29.1. The van der Waals surface area contributed by atoms with Gasteiger partial charge in [-0.2, -0.15) is 0 Å². The van der Waals surface area contributed by atoms with E-state index in [1.165, 1.54) is 16.7 Å². The van der Waals surface area contributed by atoms with Gasteiger partial charge in [0.2, 0.25) is 5.91 Å². The fourth-order valence-electron chi connectivity index (χ4n) is 4.31. The van der Waals surface area contributed by atoms with E-state index in [9.17, 15) is 4.79 Å². The standard InChI is InChI=1S/C27H29BrN2O/c28-26-13-7-12-24(18-26)19-29-16-14-25(15-17-29)27(31)30(20-22-8-3-1-4-9-22)21-23-10-5-2-6-11-23/h1-13,18,25H,14-17,19-21H2. The average Bonchev–Trinajstić information content (AvgIpc) is 2.80. The molecule has 0 radical (unpaired) electrons. The van der Waals surface area contributed by atoms with Gasteiger partial charge in [-0.15, -0.1) is 0 Å². The second-order valence-electron chi connectivity index (χ2n) is 8.35. The highest BCUT2D eigenvalue weighted by Gasteiger charge is 2.28. The maximum Gasteiger partial charge on any atom is 0.226 e. The van der Waals surface area contributed by atoms with Gasteiger partial charge in [0.05, 0.1) is 0 Å². The third-order valence-corrected chi connectivity index (χ3v) is 6.47. The normalized spacial score (nSPS) is 15.0. The number of rotatable bonds is 7. The van der Waals surface area contributed by atoms with Gasteiger partial charge in [0.25, 0.3) is 0 Å². The van der Waals surface area contributed by atoms with E-state index in [4.69, 9.17) is 0 Å². The average molecular weight is 477 g/mol. The Morgan fingerprint density at radius 3 is 1.90 bits per heavy atom. The third-order valence-electron chi connectivity index (χ3n) is 5.98. The molecular weight excluding hydrogens is 448 g/mol. The zero-order valence-corrected chi connectivity index (χ0v) is 19.4. The van der Waals surface area contributed by atoms with E-state index in [1.54, 1.807) is 0 Å². The van der Waals surface area contributed by atoms with Crippen LogP contribution < -0.4 is 0 Å². The molecule has 160 valence electrons. The van der Waals surface area contributed by atoms with Crippen molar-refractivity contribution in [2.24, 2.45) is 5.92 Å². The number of likely N-dealkylation sites (tertiary alicyclic amines) is 1. The molecule has 3 aromatic rings. The molecule has 1 aliphatic rings. The molecule has 3 aromatic carbocycles. The number of carbonyl (C=O) groups is 1. The summed E-state index contributed by atoms with van der Waals surface area (Å²) in [5, 5.41) is 0. The SMILES string of the molecule is O=C(C1CCN(Cc2cccc(Br)c2)CC1)N(Cc1ccccc1)Cc1ccccc1. The molecule has 0 atom stereocenters. The Morgan fingerprint density at radius 1 is 0.806 bits per heavy atom. The van der Waals surface area contributed by atoms with E-state index in [2.05, 4.69) is 69.4 Å². The van der Waals surface area contributed by atoms with E-state index in [1.807, 2.05) is 41.3 Å². The van der Waals surface area contributed by atoms with Crippen LogP contribution in [0.5, 0.6) is 0 Å². The minimum absolute atomic E-state index is 0.103. The van der Waals surface area contributed by atoms with Gasteiger partial charge in [-0.25, -0.2) is 0 Å². The van der Waals surface area contributed by atoms with Crippen LogP contribution in [-0.4, -0.2) is 28.8 Å². The van der Waals surface area contributed by atoms with Gasteiger partial charge < -0.3 is 4.90 Å². The van der Waals surface area contributed by atoms with Crippen molar-refractivity contribution in [2.75, 3.05) is 13.1 Å². The third kappa shape index (κ3) is 6.28. The van der Waals surface area contributed by atoms with Crippen molar-refractivity contribution in [3.8, 4) is 0 Å². The first-order valence-corrected chi connectivity index (χ1v) is 11.8. The fourth-order valence-corrected chi connectivity index (χ4v) is 4.76. The second-order valence-corrected chi connectivity index (χ2v) is 9.26. The summed E-state index contributed by atoms with van der Waals surface area (Å²) in [6.45, 7) is 4.19. The summed E-state index contributed by atoms with van der Waals surface area (Å²) in [7, 11) is 0. The van der Waals surface area contributed by atoms with Crippen LogP contribution in [0.1, 0.15) is 29.5 Å². The van der Waals surface area contributed by atoms with Gasteiger partial charge in [0.1, 0.15) is 0 Å². The molecule has 4 heteroatoms. The lowest BCUT2D eigenvalue weighted by atomic mass is 9.94. The lowest BCUT2D eigenvalue weighted by molar-refractivity contribution is -0.138. The Labute approximate surface area is 193 Å². The van der Waals surface area contributed by atoms with Gasteiger partial charge in [-0.3, -0.25) is 9.69 Å². The maximum absolute atomic E-state index is 13.5. The molecule has 1 amide bonds. The Balaban J connectivity index is 1.39. The number of halogens is 1. The molecule has 4 rings (SSSR count). The number of nitrogens with zero attached hydrogens (tertiary/aromatic N) is 2. The molecule has 0 bridgehead atoms. The molecule has 3 nitrogen and oxygen atoms in total. The second kappa shape index (κ2) is 10.7. The number of carbonyl (C=O) groups excluding carboxylic acids is 1. The molecule has 1 saturated heterocycles. The van der Waals surface area contributed by atoms with Crippen LogP contribution in [0, 0.1) is 5.92 Å². The van der Waals surface area contributed by atoms with Crippen LogP contribution in [0.4, 0.5) is 0 Å². The lowest BCUT2D eigenvalue weighted by Gasteiger charge is -2.34. The highest BCUT2D eigenvalue weighted by Crippen LogP contribution is 2.24. The maximum atomic E-state index is 13.5. The zero-order chi connectivity index (χ0) is 21.5. The first-order valence-electron chi connectivity index (χ1n) is 11.0. The summed E-state index contributed by atoms with van der Waals surface area (Å²) < 4.78 is 1.12. The molecule has 0 unspecified atom stereocenters. The number of amides is 1. The number of benzene rings is 3. The van der Waals surface area contributed by atoms with Gasteiger partial charge in [-0.05, 0) is 54.8 Å². The van der Waals surface area contributed by atoms with E-state index in [-0.39, 0.29) is 11.8 Å². The van der Waals surface area contributed by atoms with Crippen molar-refractivity contribution < 1.29 is 4.79 Å². The van der Waals surface area contributed by atoms with Gasteiger partial charge in [0, 0.05) is 30.0 Å². The molecular formula is C27H29BrN2O. The van der Waals surface area contributed by atoms with Crippen molar-refractivity contribution in [2.45, 2.75) is 32.5 Å². The van der Waals surface area contributed by atoms with Crippen molar-refractivity contribution >= 4 is 21.8 Å². The molecule has 31 heavy (non-hydrogen) atoms. The lowest BCUT2D eigenvalue weighted by Crippen LogP contribution is -2.41. The Kier molecular flexibility index (Phi) is 7.55. The van der Waals surface area contributed by atoms with Gasteiger partial charge in [-0.1, -0.05) is 88.7 Å². The molecule has 0 saturated carbocycles. The topological polar surface area (TPSA) is 23.6 Å². The fraction of sp³-hybridized carbons (Fsp3) is 0.296. The summed E-state index contributed by atoms with van der Waals surface area (Å²) in [5.41, 5.74) is 3.67. The van der Waals surface area contributed by atoms with Crippen molar-refractivity contribution in [1.29, 1.82) is 0 Å². The largest absolute Gasteiger partial charge is 0.334 e. The predicted octanol–water partition coefficient (Wildman–Crippen LogP) is 5.89. The van der Waals surface area contributed by atoms with E-state index in [0.29, 0.717) is 13.1 Å². The minimum atomic E-state index is 0.103. The quantitative estimate of drug-likeness (QED) is 0.424. The number of piperidine rings is 1. The smallest absolute Gasteiger partial charge is 0.226 e. The van der Waals surface area contributed by atoms with Crippen LogP contribution in [0.3, 0.4) is 0 Å². The highest BCUT2D eigenvalue weighted by atomic mass is 79.9. The molecule has 1 aliphatic heterocycles. The van der Waals surface area contributed by atoms with Gasteiger partial charge >= 0.3 is 0 Å². The van der Waals surface area contributed by atoms with Crippen LogP contribution in [-0.2, 0) is 24.4 Å². The number of hydrogen-bond acceptors (Lipinski definition) is 2. The highest BCUT2D eigenvalue weighted by molar-refractivity contribution is 9.10. The predicted molar refractivity (Wildman–Crippen MR) is 129 cm³/mol. The zero-order valence-electron chi connectivity index (χ0n) is 17.8. The first kappa shape index (κ1) is 21.8. The van der Waals surface area contributed by atoms with Crippen LogP contribution >= 0.6 is 15.9 Å². The minimum Gasteiger partial charge on any atom is -0.334 e. The van der Waals surface area contributed by atoms with Crippen molar-refractivity contribution in [3.63, 3.8) is 0 Å². The Hall–Kier alpha value is -2.43. The monoisotopic (exact) mass is 476 g/mol. The molecule has 0 spiro atoms. The van der Waals surface area contributed by atoms with Crippen molar-refractivity contribution in [1.82, 2.24) is 9.80 Å². The molecule has 1 fully saturated rings. The Bertz CT molecular complexity index is 927. The van der Waals surface area contributed by atoms with Crippen LogP contribution in [0.15, 0.2) is 89.4 Å². The summed E-state index contributed by atoms with van der Waals surface area (Å²) in [4.78, 5) is 18.0. The summed E-state index contributed by atoms with van der Waals surface area (Å²) in [5.74, 6) is 0.390. The molecule has 1 heterocycles. The van der Waals surface area contributed by atoms with E-state index >= 15 is 0 Å². The van der Waals surface area contributed by atoms with Crippen LogP contribution in [0.2, 0.25) is 0 Å². The van der Waals surface area contributed by atoms with E-state index in [0.717, 1.165) is 36.9 Å². The molecule has 0 aliphatic carbocycles. The molecule has 0 N–H and O–H groups in total. The summed E-state index contributed by atoms with van der Waals surface area (Å²) in [6.07, 6.45) is 1.85. The van der Waals surface area contributed by atoms with E-state index < -0.39 is 0 Å².